The van der Waals surface area contributed by atoms with Gasteiger partial charge in [-0.2, -0.15) is 10.7 Å². The first-order chi connectivity index (χ1) is 11.4. The molecule has 4 bridgehead atoms. The molecule has 4 heteroatoms. The summed E-state index contributed by atoms with van der Waals surface area (Å²) < 4.78 is 0. The molecule has 0 spiro atoms. The largest absolute Gasteiger partial charge is 0.238 e. The molecule has 5 unspecified atom stereocenters. The number of nitrogens with zero attached hydrogens (tertiary/aromatic N) is 2. The third kappa shape index (κ3) is 3.92. The highest BCUT2D eigenvalue weighted by Crippen LogP contribution is 2.41. The second-order valence-electron chi connectivity index (χ2n) is 8.55. The van der Waals surface area contributed by atoms with Gasteiger partial charge in [0.2, 0.25) is 0 Å². The SMILES string of the molecule is C1CCCCC2CCC3CCN(C3C2)N2CC(CCCC1)NN2. The average molecular weight is 321 g/mol. The van der Waals surface area contributed by atoms with Gasteiger partial charge < -0.3 is 0 Å². The van der Waals surface area contributed by atoms with Crippen LogP contribution in [0.2, 0.25) is 0 Å². The summed E-state index contributed by atoms with van der Waals surface area (Å²) in [7, 11) is 0. The van der Waals surface area contributed by atoms with E-state index in [2.05, 4.69) is 21.1 Å². The van der Waals surface area contributed by atoms with Crippen LogP contribution in [0.5, 0.6) is 0 Å². The molecule has 0 aromatic rings. The highest BCUT2D eigenvalue weighted by molar-refractivity contribution is 4.92. The van der Waals surface area contributed by atoms with Crippen molar-refractivity contribution in [3.05, 3.63) is 0 Å². The van der Waals surface area contributed by atoms with Gasteiger partial charge in [-0.3, -0.25) is 0 Å². The van der Waals surface area contributed by atoms with E-state index in [4.69, 9.17) is 0 Å². The highest BCUT2D eigenvalue weighted by atomic mass is 15.9. The lowest BCUT2D eigenvalue weighted by Crippen LogP contribution is -2.53. The number of rotatable bonds is 0. The molecule has 1 aliphatic carbocycles. The summed E-state index contributed by atoms with van der Waals surface area (Å²) in [4.78, 5) is 0. The molecule has 4 rings (SSSR count). The molecule has 4 nitrogen and oxygen atoms in total. The van der Waals surface area contributed by atoms with E-state index >= 15 is 0 Å². The van der Waals surface area contributed by atoms with Crippen LogP contribution in [0.15, 0.2) is 0 Å². The summed E-state index contributed by atoms with van der Waals surface area (Å²) in [6.07, 6.45) is 18.8. The van der Waals surface area contributed by atoms with Gasteiger partial charge in [-0.25, -0.2) is 10.4 Å². The molecular formula is C19H36N4. The summed E-state index contributed by atoms with van der Waals surface area (Å²) in [5, 5.41) is 5.12. The van der Waals surface area contributed by atoms with E-state index in [1.54, 1.807) is 0 Å². The molecule has 3 saturated heterocycles. The van der Waals surface area contributed by atoms with Crippen LogP contribution in [-0.4, -0.2) is 35.3 Å². The van der Waals surface area contributed by atoms with E-state index in [0.717, 1.165) is 24.4 Å². The normalized spacial score (nSPS) is 43.6. The Labute approximate surface area is 142 Å². The Morgan fingerprint density at radius 2 is 1.52 bits per heavy atom. The molecule has 4 aliphatic rings. The van der Waals surface area contributed by atoms with Crippen molar-refractivity contribution in [1.82, 2.24) is 21.1 Å². The zero-order chi connectivity index (χ0) is 15.5. The van der Waals surface area contributed by atoms with Gasteiger partial charge in [0.25, 0.3) is 0 Å². The first-order valence-corrected chi connectivity index (χ1v) is 10.5. The first kappa shape index (κ1) is 16.3. The van der Waals surface area contributed by atoms with Crippen LogP contribution in [-0.2, 0) is 0 Å². The van der Waals surface area contributed by atoms with Crippen molar-refractivity contribution in [3.8, 4) is 0 Å². The van der Waals surface area contributed by atoms with Crippen LogP contribution in [0, 0.1) is 11.8 Å². The van der Waals surface area contributed by atoms with E-state index in [-0.39, 0.29) is 0 Å². The van der Waals surface area contributed by atoms with Gasteiger partial charge in [0.15, 0.2) is 0 Å². The Balaban J connectivity index is 1.40. The van der Waals surface area contributed by atoms with Gasteiger partial charge in [0.05, 0.1) is 0 Å². The van der Waals surface area contributed by atoms with Crippen LogP contribution < -0.4 is 11.0 Å². The summed E-state index contributed by atoms with van der Waals surface area (Å²) in [6, 6.07) is 1.45. The summed E-state index contributed by atoms with van der Waals surface area (Å²) in [6.45, 7) is 2.43. The van der Waals surface area contributed by atoms with E-state index in [1.165, 1.54) is 90.0 Å². The fourth-order valence-electron chi connectivity index (χ4n) is 5.53. The molecule has 0 amide bonds. The van der Waals surface area contributed by atoms with Crippen LogP contribution in [0.1, 0.15) is 83.5 Å². The predicted molar refractivity (Wildman–Crippen MR) is 94.3 cm³/mol. The number of nitrogens with one attached hydrogen (secondary N) is 2. The van der Waals surface area contributed by atoms with Crippen molar-refractivity contribution in [2.45, 2.75) is 95.6 Å². The minimum atomic E-state index is 0.640. The first-order valence-electron chi connectivity index (χ1n) is 10.5. The van der Waals surface area contributed by atoms with Gasteiger partial charge in [-0.05, 0) is 37.5 Å². The third-order valence-corrected chi connectivity index (χ3v) is 6.94. The Hall–Kier alpha value is -0.160. The average Bonchev–Trinajstić information content (AvgIpc) is 3.18. The van der Waals surface area contributed by atoms with Gasteiger partial charge in [-0.15, -0.1) is 0 Å². The smallest absolute Gasteiger partial charge is 0.0472 e. The molecule has 132 valence electrons. The molecule has 0 radical (unpaired) electrons. The zero-order valence-electron chi connectivity index (χ0n) is 14.8. The van der Waals surface area contributed by atoms with Gasteiger partial charge in [0.1, 0.15) is 0 Å². The van der Waals surface area contributed by atoms with Crippen molar-refractivity contribution in [2.75, 3.05) is 13.1 Å². The molecule has 3 aliphatic heterocycles. The topological polar surface area (TPSA) is 30.5 Å². The van der Waals surface area contributed by atoms with E-state index in [0.29, 0.717) is 6.04 Å². The summed E-state index contributed by atoms with van der Waals surface area (Å²) >= 11 is 0. The van der Waals surface area contributed by atoms with Gasteiger partial charge in [0, 0.05) is 25.2 Å². The molecule has 5 atom stereocenters. The van der Waals surface area contributed by atoms with Gasteiger partial charge in [-0.1, -0.05) is 57.8 Å². The molecule has 1 saturated carbocycles. The fraction of sp³-hybridized carbons (Fsp3) is 1.00. The number of hydrogen-bond donors (Lipinski definition) is 2. The van der Waals surface area contributed by atoms with E-state index in [1.807, 2.05) is 0 Å². The summed E-state index contributed by atoms with van der Waals surface area (Å²) in [5.74, 6) is 1.96. The highest BCUT2D eigenvalue weighted by Gasteiger charge is 2.42. The number of hydrogen-bond acceptors (Lipinski definition) is 4. The maximum atomic E-state index is 3.54. The minimum Gasteiger partial charge on any atom is -0.238 e. The standard InChI is InChI=1S/C19H36N4/c1-2-4-6-8-16-10-11-17-12-13-22(19(17)14-16)23-15-18(20-21-23)9-7-5-3-1/h16-21H,1-15H2. The molecule has 23 heavy (non-hydrogen) atoms. The second kappa shape index (κ2) is 7.81. The predicted octanol–water partition coefficient (Wildman–Crippen LogP) is 3.61. The molecule has 4 fully saturated rings. The number of fused-ring (bicyclic) bond motifs is 4. The quantitative estimate of drug-likeness (QED) is 0.714. The van der Waals surface area contributed by atoms with Crippen molar-refractivity contribution in [3.63, 3.8) is 0 Å². The van der Waals surface area contributed by atoms with Crippen LogP contribution >= 0.6 is 0 Å². The van der Waals surface area contributed by atoms with Crippen molar-refractivity contribution >= 4 is 0 Å². The lowest BCUT2D eigenvalue weighted by Gasteiger charge is -2.39. The fourth-order valence-corrected chi connectivity index (χ4v) is 5.53. The Bertz CT molecular complexity index is 374. The monoisotopic (exact) mass is 320 g/mol. The second-order valence-corrected chi connectivity index (χ2v) is 8.55. The minimum absolute atomic E-state index is 0.640. The van der Waals surface area contributed by atoms with Crippen molar-refractivity contribution in [1.29, 1.82) is 0 Å². The van der Waals surface area contributed by atoms with Gasteiger partial charge >= 0.3 is 0 Å². The maximum absolute atomic E-state index is 3.54. The Morgan fingerprint density at radius 1 is 0.739 bits per heavy atom. The van der Waals surface area contributed by atoms with Crippen molar-refractivity contribution < 1.29 is 0 Å². The molecule has 3 heterocycles. The van der Waals surface area contributed by atoms with Crippen LogP contribution in [0.3, 0.4) is 0 Å². The van der Waals surface area contributed by atoms with Crippen molar-refractivity contribution in [2.24, 2.45) is 11.8 Å². The molecule has 2 N–H and O–H groups in total. The zero-order valence-corrected chi connectivity index (χ0v) is 14.8. The third-order valence-electron chi connectivity index (χ3n) is 6.94. The Kier molecular flexibility index (Phi) is 5.54. The number of hydrazine groups is 3. The Morgan fingerprint density at radius 3 is 2.39 bits per heavy atom. The lowest BCUT2D eigenvalue weighted by atomic mass is 9.77. The molecule has 0 aromatic heterocycles. The molecule has 0 aromatic carbocycles. The maximum Gasteiger partial charge on any atom is 0.0472 e. The van der Waals surface area contributed by atoms with E-state index in [9.17, 15) is 0 Å². The lowest BCUT2D eigenvalue weighted by molar-refractivity contribution is -0.0797. The molecular weight excluding hydrogens is 284 g/mol. The van der Waals surface area contributed by atoms with E-state index < -0.39 is 0 Å². The summed E-state index contributed by atoms with van der Waals surface area (Å²) in [5.41, 5.74) is 7.03. The van der Waals surface area contributed by atoms with Crippen LogP contribution in [0.25, 0.3) is 0 Å². The van der Waals surface area contributed by atoms with Crippen LogP contribution in [0.4, 0.5) is 0 Å².